The number of hydrogen-bond donors (Lipinski definition) is 0. The van der Waals surface area contributed by atoms with E-state index in [4.69, 9.17) is 0 Å². The van der Waals surface area contributed by atoms with Gasteiger partial charge in [-0.3, -0.25) is 9.97 Å². The Balaban J connectivity index is 1.66. The average molecular weight is 401 g/mol. The fourth-order valence-electron chi connectivity index (χ4n) is 3.54. The molecule has 28 heavy (non-hydrogen) atoms. The zero-order valence-electron chi connectivity index (χ0n) is 15.4. The fourth-order valence-corrected chi connectivity index (χ4v) is 5.03. The standard InChI is InChI=1S/C19H20FN5O2S/c1-24-12-17(23-13-24)28(26,27)25-9-3-5-15(11-25)19-18(21-7-8-22-19)14-4-2-6-16(20)10-14/h2,4,6-8,10,12-13,15H,3,5,9,11H2,1H3/t15-/m1/s1. The number of sulfonamides is 1. The Morgan fingerprint density at radius 2 is 2.00 bits per heavy atom. The SMILES string of the molecule is Cn1cnc(S(=O)(=O)N2CCC[C@@H](c3nccnc3-c3cccc(F)c3)C2)c1. The summed E-state index contributed by atoms with van der Waals surface area (Å²) in [7, 11) is -1.94. The summed E-state index contributed by atoms with van der Waals surface area (Å²) >= 11 is 0. The van der Waals surface area contributed by atoms with Gasteiger partial charge in [0.1, 0.15) is 5.82 Å². The molecule has 0 radical (unpaired) electrons. The fraction of sp³-hybridized carbons (Fsp3) is 0.316. The van der Waals surface area contributed by atoms with Crippen molar-refractivity contribution >= 4 is 10.0 Å². The lowest BCUT2D eigenvalue weighted by Crippen LogP contribution is -2.39. The first-order valence-corrected chi connectivity index (χ1v) is 10.4. The van der Waals surface area contributed by atoms with Crippen molar-refractivity contribution in [3.8, 4) is 11.3 Å². The van der Waals surface area contributed by atoms with E-state index in [0.717, 1.165) is 6.42 Å². The summed E-state index contributed by atoms with van der Waals surface area (Å²) in [6.07, 6.45) is 7.61. The Hall–Kier alpha value is -2.65. The van der Waals surface area contributed by atoms with Crippen LogP contribution in [0.25, 0.3) is 11.3 Å². The van der Waals surface area contributed by atoms with Crippen LogP contribution >= 0.6 is 0 Å². The van der Waals surface area contributed by atoms with E-state index in [1.807, 2.05) is 0 Å². The molecular formula is C19H20FN5O2S. The van der Waals surface area contributed by atoms with E-state index in [1.54, 1.807) is 36.1 Å². The molecule has 0 spiro atoms. The number of hydrogen-bond acceptors (Lipinski definition) is 5. The van der Waals surface area contributed by atoms with Crippen molar-refractivity contribution in [1.29, 1.82) is 0 Å². The summed E-state index contributed by atoms with van der Waals surface area (Å²) in [6, 6.07) is 6.20. The highest BCUT2D eigenvalue weighted by Crippen LogP contribution is 2.33. The maximum atomic E-state index is 13.7. The van der Waals surface area contributed by atoms with Crippen LogP contribution in [0.15, 0.2) is 54.2 Å². The monoisotopic (exact) mass is 401 g/mol. The van der Waals surface area contributed by atoms with Crippen LogP contribution in [0.4, 0.5) is 4.39 Å². The quantitative estimate of drug-likeness (QED) is 0.671. The van der Waals surface area contributed by atoms with Crippen LogP contribution in [-0.4, -0.2) is 45.3 Å². The van der Waals surface area contributed by atoms with Gasteiger partial charge in [-0.25, -0.2) is 17.8 Å². The molecule has 1 atom stereocenters. The smallest absolute Gasteiger partial charge is 0.262 e. The molecule has 4 rings (SSSR count). The summed E-state index contributed by atoms with van der Waals surface area (Å²) in [5.41, 5.74) is 1.91. The summed E-state index contributed by atoms with van der Waals surface area (Å²) in [4.78, 5) is 12.9. The lowest BCUT2D eigenvalue weighted by Gasteiger charge is -2.31. The van der Waals surface area contributed by atoms with Gasteiger partial charge in [-0.15, -0.1) is 0 Å². The molecule has 1 fully saturated rings. The Kier molecular flexibility index (Phi) is 4.94. The molecule has 0 saturated carbocycles. The Morgan fingerprint density at radius 1 is 1.18 bits per heavy atom. The first-order valence-electron chi connectivity index (χ1n) is 9.00. The van der Waals surface area contributed by atoms with Gasteiger partial charge in [0.15, 0.2) is 5.03 Å². The van der Waals surface area contributed by atoms with E-state index in [1.165, 1.54) is 29.0 Å². The van der Waals surface area contributed by atoms with Gasteiger partial charge in [0, 0.05) is 50.2 Å². The second kappa shape index (κ2) is 7.40. The zero-order valence-corrected chi connectivity index (χ0v) is 16.2. The predicted octanol–water partition coefficient (Wildman–Crippen LogP) is 2.58. The van der Waals surface area contributed by atoms with Crippen molar-refractivity contribution in [1.82, 2.24) is 23.8 Å². The third-order valence-corrected chi connectivity index (χ3v) is 6.63. The highest BCUT2D eigenvalue weighted by atomic mass is 32.2. The topological polar surface area (TPSA) is 81.0 Å². The predicted molar refractivity (Wildman–Crippen MR) is 101 cm³/mol. The van der Waals surface area contributed by atoms with E-state index in [-0.39, 0.29) is 16.8 Å². The van der Waals surface area contributed by atoms with Gasteiger partial charge in [-0.2, -0.15) is 4.31 Å². The van der Waals surface area contributed by atoms with Crippen LogP contribution in [0.5, 0.6) is 0 Å². The number of nitrogens with zero attached hydrogens (tertiary/aromatic N) is 5. The molecule has 0 unspecified atom stereocenters. The molecule has 0 N–H and O–H groups in total. The van der Waals surface area contributed by atoms with Gasteiger partial charge < -0.3 is 4.57 Å². The molecule has 9 heteroatoms. The summed E-state index contributed by atoms with van der Waals surface area (Å²) in [5, 5.41) is 0.0418. The number of aryl methyl sites for hydroxylation is 1. The number of rotatable bonds is 4. The molecular weight excluding hydrogens is 381 g/mol. The number of halogens is 1. The number of piperidine rings is 1. The summed E-state index contributed by atoms with van der Waals surface area (Å²) in [6.45, 7) is 0.727. The maximum absolute atomic E-state index is 13.7. The van der Waals surface area contributed by atoms with Crippen LogP contribution in [-0.2, 0) is 17.1 Å². The second-order valence-electron chi connectivity index (χ2n) is 6.88. The number of benzene rings is 1. The Bertz CT molecular complexity index is 1100. The Labute approximate surface area is 162 Å². The summed E-state index contributed by atoms with van der Waals surface area (Å²) < 4.78 is 42.6. The third kappa shape index (κ3) is 3.55. The van der Waals surface area contributed by atoms with E-state index >= 15 is 0 Å². The lowest BCUT2D eigenvalue weighted by molar-refractivity contribution is 0.312. The van der Waals surface area contributed by atoms with Crippen LogP contribution in [0, 0.1) is 5.82 Å². The third-order valence-electron chi connectivity index (χ3n) is 4.88. The van der Waals surface area contributed by atoms with Gasteiger partial charge in [0.05, 0.1) is 17.7 Å². The van der Waals surface area contributed by atoms with E-state index < -0.39 is 10.0 Å². The van der Waals surface area contributed by atoms with Gasteiger partial charge in [0.2, 0.25) is 0 Å². The minimum absolute atomic E-state index is 0.0418. The molecule has 3 heterocycles. The van der Waals surface area contributed by atoms with Crippen molar-refractivity contribution in [2.75, 3.05) is 13.1 Å². The first-order chi connectivity index (χ1) is 13.4. The van der Waals surface area contributed by atoms with E-state index in [2.05, 4.69) is 15.0 Å². The van der Waals surface area contributed by atoms with Crippen molar-refractivity contribution in [3.05, 3.63) is 60.7 Å². The van der Waals surface area contributed by atoms with E-state index in [0.29, 0.717) is 36.5 Å². The van der Waals surface area contributed by atoms with Gasteiger partial charge >= 0.3 is 0 Å². The molecule has 3 aromatic rings. The lowest BCUT2D eigenvalue weighted by atomic mass is 9.92. The van der Waals surface area contributed by atoms with Crippen LogP contribution < -0.4 is 0 Å². The molecule has 7 nitrogen and oxygen atoms in total. The molecule has 1 saturated heterocycles. The molecule has 0 aliphatic carbocycles. The largest absolute Gasteiger partial charge is 0.339 e. The highest BCUT2D eigenvalue weighted by Gasteiger charge is 2.34. The first kappa shape index (κ1) is 18.7. The average Bonchev–Trinajstić information content (AvgIpc) is 3.15. The van der Waals surface area contributed by atoms with Crippen LogP contribution in [0.2, 0.25) is 0 Å². The molecule has 0 bridgehead atoms. The number of aromatic nitrogens is 4. The normalized spacial score (nSPS) is 18.3. The highest BCUT2D eigenvalue weighted by molar-refractivity contribution is 7.89. The van der Waals surface area contributed by atoms with Crippen LogP contribution in [0.1, 0.15) is 24.5 Å². The molecule has 0 amide bonds. The maximum Gasteiger partial charge on any atom is 0.262 e. The van der Waals surface area contributed by atoms with Gasteiger partial charge in [0.25, 0.3) is 10.0 Å². The molecule has 1 aliphatic rings. The van der Waals surface area contributed by atoms with Crippen molar-refractivity contribution < 1.29 is 12.8 Å². The van der Waals surface area contributed by atoms with Crippen molar-refractivity contribution in [2.24, 2.45) is 7.05 Å². The Morgan fingerprint density at radius 3 is 2.75 bits per heavy atom. The zero-order chi connectivity index (χ0) is 19.7. The van der Waals surface area contributed by atoms with Gasteiger partial charge in [-0.05, 0) is 25.0 Å². The summed E-state index contributed by atoms with van der Waals surface area (Å²) in [5.74, 6) is -0.476. The molecule has 1 aromatic carbocycles. The minimum Gasteiger partial charge on any atom is -0.339 e. The molecule has 1 aliphatic heterocycles. The van der Waals surface area contributed by atoms with Gasteiger partial charge in [-0.1, -0.05) is 12.1 Å². The molecule has 2 aromatic heterocycles. The van der Waals surface area contributed by atoms with Crippen molar-refractivity contribution in [2.45, 2.75) is 23.8 Å². The number of imidazole rings is 1. The minimum atomic E-state index is -3.67. The van der Waals surface area contributed by atoms with Crippen molar-refractivity contribution in [3.63, 3.8) is 0 Å². The van der Waals surface area contributed by atoms with Crippen LogP contribution in [0.3, 0.4) is 0 Å². The molecule has 146 valence electrons. The van der Waals surface area contributed by atoms with E-state index in [9.17, 15) is 12.8 Å². The second-order valence-corrected chi connectivity index (χ2v) is 8.76.